The van der Waals surface area contributed by atoms with Gasteiger partial charge >= 0.3 is 6.03 Å². The maximum atomic E-state index is 13.2. The fourth-order valence-corrected chi connectivity index (χ4v) is 3.79. The number of hydrogen-bond donors (Lipinski definition) is 3. The number of aryl methyl sites for hydroxylation is 1. The number of urea groups is 1. The molecular weight excluding hydrogens is 449 g/mol. The molecule has 1 atom stereocenters. The minimum absolute atomic E-state index is 0.279. The highest BCUT2D eigenvalue weighted by Crippen LogP contribution is 2.27. The number of carbonyl (C=O) groups is 3. The second-order valence-corrected chi connectivity index (χ2v) is 7.97. The van der Waals surface area contributed by atoms with E-state index in [4.69, 9.17) is 11.6 Å². The number of nitrogens with zero attached hydrogens (tertiary/aromatic N) is 2. The van der Waals surface area contributed by atoms with Crippen molar-refractivity contribution in [2.45, 2.75) is 19.4 Å². The molecule has 1 aliphatic heterocycles. The third-order valence-corrected chi connectivity index (χ3v) is 5.64. The molecule has 0 aliphatic carbocycles. The lowest BCUT2D eigenvalue weighted by molar-refractivity contribution is -0.123. The molecule has 1 unspecified atom stereocenters. The van der Waals surface area contributed by atoms with Gasteiger partial charge < -0.3 is 10.6 Å². The predicted octanol–water partition coefficient (Wildman–Crippen LogP) is 3.68. The van der Waals surface area contributed by atoms with E-state index in [2.05, 4.69) is 21.0 Å². The van der Waals surface area contributed by atoms with Gasteiger partial charge in [-0.15, -0.1) is 0 Å². The molecule has 0 radical (unpaired) electrons. The highest BCUT2D eigenvalue weighted by Gasteiger charge is 2.43. The van der Waals surface area contributed by atoms with Gasteiger partial charge in [0.2, 0.25) is 5.91 Å². The van der Waals surface area contributed by atoms with Crippen molar-refractivity contribution in [3.63, 3.8) is 0 Å². The standard InChI is InChI=1S/C23H19ClFN5O3/c1-13-18(20(24)30(29-13)17-8-6-15(25)7-9-17)10-11-19(31)26-16-5-3-4-14(12-16)23(2)21(32)27-22(33)28-23/h3-12H,1-2H3,(H,26,31)(H2,27,28,32,33)/b11-10+. The van der Waals surface area contributed by atoms with Gasteiger partial charge in [0.1, 0.15) is 16.5 Å². The van der Waals surface area contributed by atoms with E-state index in [1.807, 2.05) is 0 Å². The monoisotopic (exact) mass is 467 g/mol. The summed E-state index contributed by atoms with van der Waals surface area (Å²) in [5.74, 6) is -1.27. The van der Waals surface area contributed by atoms with Crippen molar-refractivity contribution in [1.29, 1.82) is 0 Å². The quantitative estimate of drug-likeness (QED) is 0.393. The Morgan fingerprint density at radius 1 is 1.21 bits per heavy atom. The molecule has 8 nitrogen and oxygen atoms in total. The van der Waals surface area contributed by atoms with Crippen LogP contribution >= 0.6 is 11.6 Å². The van der Waals surface area contributed by atoms with E-state index >= 15 is 0 Å². The van der Waals surface area contributed by atoms with Crippen LogP contribution in [0, 0.1) is 12.7 Å². The summed E-state index contributed by atoms with van der Waals surface area (Å²) in [5.41, 5.74) is 1.46. The van der Waals surface area contributed by atoms with Gasteiger partial charge in [0.05, 0.1) is 11.4 Å². The van der Waals surface area contributed by atoms with E-state index in [9.17, 15) is 18.8 Å². The van der Waals surface area contributed by atoms with Gasteiger partial charge in [-0.2, -0.15) is 5.10 Å². The zero-order valence-electron chi connectivity index (χ0n) is 17.6. The van der Waals surface area contributed by atoms with Crippen molar-refractivity contribution in [1.82, 2.24) is 20.4 Å². The average Bonchev–Trinajstić information content (AvgIpc) is 3.21. The van der Waals surface area contributed by atoms with Crippen LogP contribution in [0.4, 0.5) is 14.9 Å². The van der Waals surface area contributed by atoms with Crippen LogP contribution in [-0.2, 0) is 15.1 Å². The smallest absolute Gasteiger partial charge is 0.322 e. The first kappa shape index (κ1) is 22.2. The SMILES string of the molecule is Cc1nn(-c2ccc(F)cc2)c(Cl)c1/C=C/C(=O)Nc1cccc(C2(C)NC(=O)NC2=O)c1. The molecule has 2 aromatic carbocycles. The van der Waals surface area contributed by atoms with E-state index < -0.39 is 23.4 Å². The van der Waals surface area contributed by atoms with Crippen LogP contribution in [0.3, 0.4) is 0 Å². The molecule has 0 bridgehead atoms. The molecule has 168 valence electrons. The number of nitrogens with one attached hydrogen (secondary N) is 3. The third-order valence-electron chi connectivity index (χ3n) is 5.27. The number of halogens is 2. The highest BCUT2D eigenvalue weighted by molar-refractivity contribution is 6.31. The second kappa shape index (κ2) is 8.51. The Labute approximate surface area is 193 Å². The Kier molecular flexibility index (Phi) is 5.73. The number of anilines is 1. The molecule has 10 heteroatoms. The number of rotatable bonds is 5. The Balaban J connectivity index is 1.51. The van der Waals surface area contributed by atoms with Crippen molar-refractivity contribution >= 4 is 41.2 Å². The van der Waals surface area contributed by atoms with Crippen LogP contribution < -0.4 is 16.0 Å². The summed E-state index contributed by atoms with van der Waals surface area (Å²) >= 11 is 6.43. The summed E-state index contributed by atoms with van der Waals surface area (Å²) in [6.45, 7) is 3.33. The normalized spacial score (nSPS) is 17.8. The lowest BCUT2D eigenvalue weighted by Crippen LogP contribution is -2.40. The Morgan fingerprint density at radius 2 is 1.94 bits per heavy atom. The van der Waals surface area contributed by atoms with E-state index in [1.54, 1.807) is 50.2 Å². The van der Waals surface area contributed by atoms with E-state index in [1.165, 1.54) is 29.0 Å². The first-order valence-electron chi connectivity index (χ1n) is 9.91. The molecule has 1 saturated heterocycles. The third kappa shape index (κ3) is 4.35. The van der Waals surface area contributed by atoms with Gasteiger partial charge in [-0.05, 0) is 61.9 Å². The second-order valence-electron chi connectivity index (χ2n) is 7.61. The van der Waals surface area contributed by atoms with E-state index in [0.29, 0.717) is 28.2 Å². The molecule has 4 amide bonds. The van der Waals surface area contributed by atoms with Crippen LogP contribution in [0.2, 0.25) is 5.15 Å². The van der Waals surface area contributed by atoms with Crippen LogP contribution in [-0.4, -0.2) is 27.6 Å². The van der Waals surface area contributed by atoms with Crippen LogP contribution in [0.5, 0.6) is 0 Å². The number of aromatic nitrogens is 2. The largest absolute Gasteiger partial charge is 0.323 e. The first-order chi connectivity index (χ1) is 15.7. The summed E-state index contributed by atoms with van der Waals surface area (Å²) in [4.78, 5) is 36.2. The van der Waals surface area contributed by atoms with Gasteiger partial charge in [-0.3, -0.25) is 14.9 Å². The van der Waals surface area contributed by atoms with Crippen LogP contribution in [0.1, 0.15) is 23.7 Å². The molecule has 1 aromatic heterocycles. The maximum absolute atomic E-state index is 13.2. The Morgan fingerprint density at radius 3 is 2.61 bits per heavy atom. The zero-order chi connectivity index (χ0) is 23.8. The summed E-state index contributed by atoms with van der Waals surface area (Å²) in [7, 11) is 0. The van der Waals surface area contributed by atoms with Gasteiger partial charge in [0.15, 0.2) is 0 Å². The molecule has 1 fully saturated rings. The van der Waals surface area contributed by atoms with Crippen LogP contribution in [0.15, 0.2) is 54.6 Å². The molecule has 4 rings (SSSR count). The number of hydrogen-bond acceptors (Lipinski definition) is 4. The molecule has 33 heavy (non-hydrogen) atoms. The van der Waals surface area contributed by atoms with Gasteiger partial charge in [0, 0.05) is 17.3 Å². The van der Waals surface area contributed by atoms with Gasteiger partial charge in [0.25, 0.3) is 5.91 Å². The van der Waals surface area contributed by atoms with Crippen molar-refractivity contribution < 1.29 is 18.8 Å². The molecule has 2 heterocycles. The molecule has 0 saturated carbocycles. The molecule has 1 aliphatic rings. The summed E-state index contributed by atoms with van der Waals surface area (Å²) in [6, 6.07) is 11.8. The number of imide groups is 1. The van der Waals surface area contributed by atoms with E-state index in [0.717, 1.165) is 0 Å². The Bertz CT molecular complexity index is 1300. The van der Waals surface area contributed by atoms with Crippen molar-refractivity contribution in [2.75, 3.05) is 5.32 Å². The molecule has 3 N–H and O–H groups in total. The zero-order valence-corrected chi connectivity index (χ0v) is 18.4. The Hall–Kier alpha value is -3.98. The van der Waals surface area contributed by atoms with Gasteiger partial charge in [-0.25, -0.2) is 13.9 Å². The lowest BCUT2D eigenvalue weighted by Gasteiger charge is -2.21. The predicted molar refractivity (Wildman–Crippen MR) is 121 cm³/mol. The number of carbonyl (C=O) groups excluding carboxylic acids is 3. The number of benzene rings is 2. The lowest BCUT2D eigenvalue weighted by atomic mass is 9.92. The van der Waals surface area contributed by atoms with Crippen molar-refractivity contribution in [2.24, 2.45) is 0 Å². The molecule has 0 spiro atoms. The summed E-state index contributed by atoms with van der Waals surface area (Å²) in [6.07, 6.45) is 2.85. The highest BCUT2D eigenvalue weighted by atomic mass is 35.5. The van der Waals surface area contributed by atoms with E-state index in [-0.39, 0.29) is 11.0 Å². The van der Waals surface area contributed by atoms with Crippen molar-refractivity contribution in [3.05, 3.63) is 82.4 Å². The minimum atomic E-state index is -1.23. The van der Waals surface area contributed by atoms with Crippen LogP contribution in [0.25, 0.3) is 11.8 Å². The summed E-state index contributed by atoms with van der Waals surface area (Å²) in [5, 5.41) is 12.1. The van der Waals surface area contributed by atoms with Crippen molar-refractivity contribution in [3.8, 4) is 5.69 Å². The minimum Gasteiger partial charge on any atom is -0.323 e. The summed E-state index contributed by atoms with van der Waals surface area (Å²) < 4.78 is 14.6. The molecule has 3 aromatic rings. The fraction of sp³-hybridized carbons (Fsp3) is 0.130. The topological polar surface area (TPSA) is 105 Å². The average molecular weight is 468 g/mol. The number of amides is 4. The first-order valence-corrected chi connectivity index (χ1v) is 10.3. The molecular formula is C23H19ClFN5O3. The fourth-order valence-electron chi connectivity index (χ4n) is 3.45. The maximum Gasteiger partial charge on any atom is 0.322 e. The van der Waals surface area contributed by atoms with Gasteiger partial charge in [-0.1, -0.05) is 23.7 Å².